The lowest BCUT2D eigenvalue weighted by Gasteiger charge is -2.23. The lowest BCUT2D eigenvalue weighted by atomic mass is 10.0. The first-order valence-corrected chi connectivity index (χ1v) is 18.3. The summed E-state index contributed by atoms with van der Waals surface area (Å²) in [6, 6.07) is 40.8. The summed E-state index contributed by atoms with van der Waals surface area (Å²) in [6.45, 7) is 6.34. The van der Waals surface area contributed by atoms with Crippen LogP contribution in [0.5, 0.6) is 0 Å². The molecule has 4 nitrogen and oxygen atoms in total. The molecule has 2 aliphatic rings. The van der Waals surface area contributed by atoms with Crippen LogP contribution in [0.1, 0.15) is 62.5 Å². The molecule has 4 aromatic carbocycles. The number of hydrogen-bond acceptors (Lipinski definition) is 2. The van der Waals surface area contributed by atoms with E-state index in [9.17, 15) is 0 Å². The van der Waals surface area contributed by atoms with Gasteiger partial charge < -0.3 is 43.8 Å². The minimum atomic E-state index is 0. The smallest absolute Gasteiger partial charge is 0.214 e. The largest absolute Gasteiger partial charge is 1.00 e. The van der Waals surface area contributed by atoms with E-state index in [0.717, 1.165) is 39.3 Å². The summed E-state index contributed by atoms with van der Waals surface area (Å²) >= 11 is 0. The summed E-state index contributed by atoms with van der Waals surface area (Å²) in [4.78, 5) is 5.22. The van der Waals surface area contributed by atoms with E-state index in [0.29, 0.717) is 0 Å². The Morgan fingerprint density at radius 1 is 0.420 bits per heavy atom. The van der Waals surface area contributed by atoms with Crippen LogP contribution in [-0.4, -0.2) is 26.2 Å². The van der Waals surface area contributed by atoms with Gasteiger partial charge in [-0.25, -0.2) is 0 Å². The third kappa shape index (κ3) is 7.92. The Morgan fingerprint density at radius 3 is 1.24 bits per heavy atom. The molecule has 0 unspecified atom stereocenters. The van der Waals surface area contributed by atoms with E-state index in [2.05, 4.69) is 141 Å². The van der Waals surface area contributed by atoms with E-state index in [-0.39, 0.29) is 34.0 Å². The Labute approximate surface area is 318 Å². The number of para-hydroxylation sites is 2. The van der Waals surface area contributed by atoms with Crippen molar-refractivity contribution in [3.05, 3.63) is 133 Å². The molecule has 50 heavy (non-hydrogen) atoms. The van der Waals surface area contributed by atoms with Crippen LogP contribution in [0, 0.1) is 0 Å². The molecule has 0 saturated carbocycles. The molecule has 0 atom stereocenters. The van der Waals surface area contributed by atoms with Crippen LogP contribution in [0.4, 0.5) is 11.4 Å². The van der Waals surface area contributed by atoms with E-state index < -0.39 is 0 Å². The van der Waals surface area contributed by atoms with Crippen LogP contribution >= 0.6 is 0 Å². The van der Waals surface area contributed by atoms with Crippen molar-refractivity contribution in [2.45, 2.75) is 64.5 Å². The Hall–Kier alpha value is -3.74. The second kappa shape index (κ2) is 17.0. The monoisotopic (exact) mass is 790 g/mol. The molecule has 0 N–H and O–H groups in total. The molecule has 4 heterocycles. The van der Waals surface area contributed by atoms with E-state index in [1.54, 1.807) is 0 Å². The second-order valence-electron chi connectivity index (χ2n) is 13.9. The first kappa shape index (κ1) is 36.1. The fraction of sp³-hybridized carbons (Fsp3) is 0.318. The molecule has 0 aliphatic carbocycles. The number of nitrogens with zero attached hydrogens (tertiary/aromatic N) is 4. The molecule has 6 heteroatoms. The first-order valence-electron chi connectivity index (χ1n) is 18.3. The van der Waals surface area contributed by atoms with Gasteiger partial charge in [0.25, 0.3) is 0 Å². The predicted molar refractivity (Wildman–Crippen MR) is 200 cm³/mol. The van der Waals surface area contributed by atoms with Gasteiger partial charge in [0.05, 0.1) is 22.1 Å². The van der Waals surface area contributed by atoms with Gasteiger partial charge in [-0.2, -0.15) is 9.13 Å². The summed E-state index contributed by atoms with van der Waals surface area (Å²) in [6.07, 6.45) is 15.2. The van der Waals surface area contributed by atoms with Crippen molar-refractivity contribution >= 4 is 33.2 Å². The number of pyridine rings is 2. The summed E-state index contributed by atoms with van der Waals surface area (Å²) in [5, 5.41) is 2.71. The van der Waals surface area contributed by atoms with Gasteiger partial charge in [-0.3, -0.25) is 0 Å². The topological polar surface area (TPSA) is 14.2 Å². The molecule has 0 radical (unpaired) electrons. The average Bonchev–Trinajstić information content (AvgIpc) is 3.59. The number of halogens is 2. The van der Waals surface area contributed by atoms with Crippen molar-refractivity contribution in [2.24, 2.45) is 0 Å². The Balaban J connectivity index is 0.00000216. The molecule has 2 aliphatic heterocycles. The van der Waals surface area contributed by atoms with Crippen LogP contribution in [0.15, 0.2) is 122 Å². The lowest BCUT2D eigenvalue weighted by molar-refractivity contribution is -0.662. The van der Waals surface area contributed by atoms with Crippen LogP contribution in [-0.2, 0) is 13.1 Å². The molecular formula is C44H48Br2N4. The van der Waals surface area contributed by atoms with Gasteiger partial charge in [0.2, 0.25) is 11.0 Å². The minimum Gasteiger partial charge on any atom is -1.00 e. The highest BCUT2D eigenvalue weighted by Gasteiger charge is 2.20. The molecule has 0 bridgehead atoms. The molecule has 0 amide bonds. The van der Waals surface area contributed by atoms with Crippen LogP contribution < -0.4 is 52.9 Å². The predicted octanol–water partition coefficient (Wildman–Crippen LogP) is 3.10. The van der Waals surface area contributed by atoms with Crippen molar-refractivity contribution in [3.8, 4) is 11.1 Å². The third-order valence-electron chi connectivity index (χ3n) is 10.6. The molecule has 8 rings (SSSR count). The maximum absolute atomic E-state index is 2.61. The first-order chi connectivity index (χ1) is 23.8. The van der Waals surface area contributed by atoms with Crippen molar-refractivity contribution < 1.29 is 43.1 Å². The van der Waals surface area contributed by atoms with E-state index in [1.807, 2.05) is 0 Å². The van der Waals surface area contributed by atoms with Crippen LogP contribution in [0.25, 0.3) is 32.9 Å². The van der Waals surface area contributed by atoms with Crippen molar-refractivity contribution in [1.82, 2.24) is 0 Å². The zero-order valence-electron chi connectivity index (χ0n) is 29.0. The number of fused-ring (bicyclic) bond motifs is 2. The van der Waals surface area contributed by atoms with Gasteiger partial charge >= 0.3 is 0 Å². The average molecular weight is 793 g/mol. The fourth-order valence-corrected chi connectivity index (χ4v) is 8.09. The maximum atomic E-state index is 2.61. The summed E-state index contributed by atoms with van der Waals surface area (Å²) in [5.74, 6) is 0. The Morgan fingerprint density at radius 2 is 0.820 bits per heavy atom. The molecule has 2 aromatic heterocycles. The van der Waals surface area contributed by atoms with Gasteiger partial charge in [0.15, 0.2) is 25.5 Å². The normalized spacial score (nSPS) is 15.2. The summed E-state index contributed by atoms with van der Waals surface area (Å²) < 4.78 is 4.84. The van der Waals surface area contributed by atoms with E-state index >= 15 is 0 Å². The van der Waals surface area contributed by atoms with Gasteiger partial charge in [-0.15, -0.1) is 0 Å². The molecular weight excluding hydrogens is 744 g/mol. The second-order valence-corrected chi connectivity index (χ2v) is 13.9. The third-order valence-corrected chi connectivity index (χ3v) is 10.6. The molecule has 0 spiro atoms. The van der Waals surface area contributed by atoms with Crippen molar-refractivity contribution in [3.63, 3.8) is 0 Å². The highest BCUT2D eigenvalue weighted by molar-refractivity contribution is 5.90. The van der Waals surface area contributed by atoms with Crippen LogP contribution in [0.3, 0.4) is 0 Å². The SMILES string of the molecule is [Br-].[Br-].c1cc(C[n+]2ccc(N3CCCCCC3)c3ccccc32)cc(-c2cccc(C[n+]3ccc(N4CCCCCC4)c4ccccc43)c2)c1. The number of rotatable bonds is 7. The lowest BCUT2D eigenvalue weighted by Crippen LogP contribution is -3.00. The molecule has 2 fully saturated rings. The number of anilines is 2. The van der Waals surface area contributed by atoms with Gasteiger partial charge in [0, 0.05) is 61.6 Å². The summed E-state index contributed by atoms with van der Waals surface area (Å²) in [7, 11) is 0. The number of hydrogen-bond donors (Lipinski definition) is 0. The fourth-order valence-electron chi connectivity index (χ4n) is 8.09. The highest BCUT2D eigenvalue weighted by atomic mass is 79.9. The number of benzene rings is 4. The van der Waals surface area contributed by atoms with E-state index in [1.165, 1.54) is 107 Å². The molecule has 258 valence electrons. The highest BCUT2D eigenvalue weighted by Crippen LogP contribution is 2.29. The van der Waals surface area contributed by atoms with Gasteiger partial charge in [-0.05, 0) is 61.1 Å². The van der Waals surface area contributed by atoms with Crippen molar-refractivity contribution in [1.29, 1.82) is 0 Å². The Kier molecular flexibility index (Phi) is 12.2. The van der Waals surface area contributed by atoms with E-state index in [4.69, 9.17) is 0 Å². The standard InChI is InChI=1S/C44H48N4.2BrH/c1-2-10-26-45(25-9-1)43-23-29-47(41-21-7-5-19-39(41)43)33-35-15-13-17-37(31-35)38-18-14-16-36(32-38)34-48-30-24-44(40-20-6-8-22-42(40)48)46-27-11-3-4-12-28-46;;/h5-8,13-24,29-32H,1-4,9-12,25-28,33-34H2;2*1H/q+2;;/p-2. The van der Waals surface area contributed by atoms with Crippen LogP contribution in [0.2, 0.25) is 0 Å². The maximum Gasteiger partial charge on any atom is 0.214 e. The summed E-state index contributed by atoms with van der Waals surface area (Å²) in [5.41, 5.74) is 10.6. The Bertz CT molecular complexity index is 1880. The van der Waals surface area contributed by atoms with Gasteiger partial charge in [0.1, 0.15) is 0 Å². The zero-order valence-corrected chi connectivity index (χ0v) is 32.2. The quantitative estimate of drug-likeness (QED) is 0.231. The molecule has 2 saturated heterocycles. The van der Waals surface area contributed by atoms with Crippen molar-refractivity contribution in [2.75, 3.05) is 36.0 Å². The molecule has 6 aromatic rings. The zero-order chi connectivity index (χ0) is 32.1. The number of aromatic nitrogens is 2. The van der Waals surface area contributed by atoms with Gasteiger partial charge in [-0.1, -0.05) is 86.3 Å². The minimum absolute atomic E-state index is 0.